The molecule has 1 aliphatic heterocycles. The Kier molecular flexibility index (Phi) is 3.85. The Morgan fingerprint density at radius 1 is 1.11 bits per heavy atom. The number of imidazole rings is 1. The maximum Gasteiger partial charge on any atom is 0.267 e. The predicted molar refractivity (Wildman–Crippen MR) is 102 cm³/mol. The van der Waals surface area contributed by atoms with Gasteiger partial charge in [0.05, 0.1) is 18.9 Å². The standard InChI is InChI=1S/C20H17F2N5O/c21-20(22)8-14(9-28-16-7-3-5-13-4-1-2-6-15(13)16)27(10-20)19-17-18(24-11-23-17)25-12-26-19/h1-7,11-12,14H,8-10H2,(H,23,24,25,26)/t14-/m1/s1. The molecule has 0 amide bonds. The second-order valence-corrected chi connectivity index (χ2v) is 6.93. The largest absolute Gasteiger partial charge is 0.491 e. The van der Waals surface area contributed by atoms with E-state index >= 15 is 0 Å². The average molecular weight is 381 g/mol. The van der Waals surface area contributed by atoms with E-state index in [1.165, 1.54) is 12.7 Å². The first kappa shape index (κ1) is 16.9. The van der Waals surface area contributed by atoms with Crippen LogP contribution in [0.2, 0.25) is 0 Å². The summed E-state index contributed by atoms with van der Waals surface area (Å²) >= 11 is 0. The van der Waals surface area contributed by atoms with Gasteiger partial charge in [-0.1, -0.05) is 36.4 Å². The Balaban J connectivity index is 1.45. The number of aromatic amines is 1. The second kappa shape index (κ2) is 6.40. The molecule has 1 N–H and O–H groups in total. The third-order valence-electron chi connectivity index (χ3n) is 5.03. The molecule has 4 aromatic rings. The molecule has 3 heterocycles. The number of nitrogens with one attached hydrogen (secondary N) is 1. The molecule has 0 bridgehead atoms. The normalized spacial score (nSPS) is 18.8. The monoisotopic (exact) mass is 381 g/mol. The molecule has 5 rings (SSSR count). The molecule has 1 fully saturated rings. The number of hydrogen-bond acceptors (Lipinski definition) is 5. The number of alkyl halides is 2. The Bertz CT molecular complexity index is 1140. The lowest BCUT2D eigenvalue weighted by Crippen LogP contribution is -2.35. The zero-order valence-electron chi connectivity index (χ0n) is 14.8. The first-order chi connectivity index (χ1) is 13.6. The number of halogens is 2. The Labute approximate surface area is 159 Å². The number of aromatic nitrogens is 4. The molecule has 142 valence electrons. The highest BCUT2D eigenvalue weighted by Gasteiger charge is 2.46. The number of benzene rings is 2. The fourth-order valence-electron chi connectivity index (χ4n) is 3.77. The van der Waals surface area contributed by atoms with Crippen LogP contribution in [-0.4, -0.2) is 45.1 Å². The number of H-pyrrole nitrogens is 1. The quantitative estimate of drug-likeness (QED) is 0.582. The van der Waals surface area contributed by atoms with Gasteiger partial charge in [0.15, 0.2) is 11.5 Å². The van der Waals surface area contributed by atoms with E-state index in [1.54, 1.807) is 4.90 Å². The molecule has 1 aliphatic rings. The van der Waals surface area contributed by atoms with Crippen LogP contribution in [0.1, 0.15) is 6.42 Å². The molecular weight excluding hydrogens is 364 g/mol. The number of nitrogens with zero attached hydrogens (tertiary/aromatic N) is 4. The van der Waals surface area contributed by atoms with Crippen molar-refractivity contribution in [2.45, 2.75) is 18.4 Å². The van der Waals surface area contributed by atoms with Gasteiger partial charge < -0.3 is 14.6 Å². The van der Waals surface area contributed by atoms with Gasteiger partial charge in [0.2, 0.25) is 0 Å². The first-order valence-electron chi connectivity index (χ1n) is 9.00. The molecular formula is C20H17F2N5O. The maximum atomic E-state index is 14.3. The van der Waals surface area contributed by atoms with E-state index in [0.717, 1.165) is 10.8 Å². The molecule has 1 saturated heterocycles. The van der Waals surface area contributed by atoms with Crippen molar-refractivity contribution in [3.63, 3.8) is 0 Å². The minimum absolute atomic E-state index is 0.128. The first-order valence-corrected chi connectivity index (χ1v) is 9.00. The van der Waals surface area contributed by atoms with E-state index in [0.29, 0.717) is 22.7 Å². The van der Waals surface area contributed by atoms with Gasteiger partial charge in [0, 0.05) is 11.8 Å². The Morgan fingerprint density at radius 2 is 1.96 bits per heavy atom. The van der Waals surface area contributed by atoms with Gasteiger partial charge in [-0.15, -0.1) is 0 Å². The van der Waals surface area contributed by atoms with Gasteiger partial charge in [0.25, 0.3) is 5.92 Å². The summed E-state index contributed by atoms with van der Waals surface area (Å²) in [6.45, 7) is -0.287. The van der Waals surface area contributed by atoms with Crippen molar-refractivity contribution in [3.05, 3.63) is 55.1 Å². The molecule has 0 unspecified atom stereocenters. The van der Waals surface area contributed by atoms with Gasteiger partial charge in [-0.3, -0.25) is 0 Å². The minimum Gasteiger partial charge on any atom is -0.491 e. The highest BCUT2D eigenvalue weighted by Crippen LogP contribution is 2.37. The highest BCUT2D eigenvalue weighted by molar-refractivity contribution is 5.88. The lowest BCUT2D eigenvalue weighted by atomic mass is 10.1. The van der Waals surface area contributed by atoms with E-state index < -0.39 is 18.5 Å². The van der Waals surface area contributed by atoms with Gasteiger partial charge in [-0.25, -0.2) is 23.7 Å². The highest BCUT2D eigenvalue weighted by atomic mass is 19.3. The van der Waals surface area contributed by atoms with Crippen LogP contribution in [0.4, 0.5) is 14.6 Å². The lowest BCUT2D eigenvalue weighted by Gasteiger charge is -2.25. The molecule has 8 heteroatoms. The summed E-state index contributed by atoms with van der Waals surface area (Å²) in [5.74, 6) is -1.71. The maximum absolute atomic E-state index is 14.3. The van der Waals surface area contributed by atoms with Crippen molar-refractivity contribution < 1.29 is 13.5 Å². The fraction of sp³-hybridized carbons (Fsp3) is 0.250. The van der Waals surface area contributed by atoms with Crippen molar-refractivity contribution in [2.24, 2.45) is 0 Å². The van der Waals surface area contributed by atoms with Gasteiger partial charge in [-0.05, 0) is 11.5 Å². The van der Waals surface area contributed by atoms with Crippen molar-refractivity contribution in [1.29, 1.82) is 0 Å². The number of fused-ring (bicyclic) bond motifs is 2. The summed E-state index contributed by atoms with van der Waals surface area (Å²) in [4.78, 5) is 16.9. The smallest absolute Gasteiger partial charge is 0.267 e. The van der Waals surface area contributed by atoms with Gasteiger partial charge >= 0.3 is 0 Å². The van der Waals surface area contributed by atoms with Crippen LogP contribution < -0.4 is 9.64 Å². The summed E-state index contributed by atoms with van der Waals surface area (Å²) < 4.78 is 34.5. The number of hydrogen-bond donors (Lipinski definition) is 1. The van der Waals surface area contributed by atoms with E-state index in [9.17, 15) is 8.78 Å². The van der Waals surface area contributed by atoms with Crippen LogP contribution in [0, 0.1) is 0 Å². The molecule has 28 heavy (non-hydrogen) atoms. The number of anilines is 1. The van der Waals surface area contributed by atoms with Crippen LogP contribution in [0.3, 0.4) is 0 Å². The van der Waals surface area contributed by atoms with E-state index in [4.69, 9.17) is 4.74 Å². The summed E-state index contributed by atoms with van der Waals surface area (Å²) in [6.07, 6.45) is 2.54. The predicted octanol–water partition coefficient (Wildman–Crippen LogP) is 3.80. The molecule has 0 radical (unpaired) electrons. The van der Waals surface area contributed by atoms with Crippen LogP contribution in [0.25, 0.3) is 21.9 Å². The summed E-state index contributed by atoms with van der Waals surface area (Å²) in [7, 11) is 0. The lowest BCUT2D eigenvalue weighted by molar-refractivity contribution is 0.0206. The number of ether oxygens (including phenoxy) is 1. The zero-order chi connectivity index (χ0) is 19.1. The van der Waals surface area contributed by atoms with Crippen LogP contribution >= 0.6 is 0 Å². The van der Waals surface area contributed by atoms with E-state index in [1.807, 2.05) is 42.5 Å². The van der Waals surface area contributed by atoms with Crippen molar-refractivity contribution in [2.75, 3.05) is 18.1 Å². The molecule has 2 aromatic heterocycles. The molecule has 0 spiro atoms. The molecule has 2 aromatic carbocycles. The average Bonchev–Trinajstić information content (AvgIpc) is 3.29. The van der Waals surface area contributed by atoms with Crippen LogP contribution in [0.5, 0.6) is 5.75 Å². The van der Waals surface area contributed by atoms with Crippen molar-refractivity contribution >= 4 is 27.8 Å². The Hall–Kier alpha value is -3.29. The fourth-order valence-corrected chi connectivity index (χ4v) is 3.77. The Morgan fingerprint density at radius 3 is 2.89 bits per heavy atom. The summed E-state index contributed by atoms with van der Waals surface area (Å²) in [5, 5.41) is 2.00. The second-order valence-electron chi connectivity index (χ2n) is 6.93. The third-order valence-corrected chi connectivity index (χ3v) is 5.03. The minimum atomic E-state index is -2.82. The molecule has 1 atom stereocenters. The van der Waals surface area contributed by atoms with Crippen LogP contribution in [-0.2, 0) is 0 Å². The van der Waals surface area contributed by atoms with E-state index in [-0.39, 0.29) is 13.0 Å². The topological polar surface area (TPSA) is 66.9 Å². The molecule has 6 nitrogen and oxygen atoms in total. The third kappa shape index (κ3) is 2.90. The van der Waals surface area contributed by atoms with Crippen molar-refractivity contribution in [3.8, 4) is 5.75 Å². The summed E-state index contributed by atoms with van der Waals surface area (Å²) in [5.41, 5.74) is 1.00. The van der Waals surface area contributed by atoms with Gasteiger partial charge in [0.1, 0.15) is 24.2 Å². The number of rotatable bonds is 4. The zero-order valence-corrected chi connectivity index (χ0v) is 14.8. The van der Waals surface area contributed by atoms with E-state index in [2.05, 4.69) is 19.9 Å². The van der Waals surface area contributed by atoms with Gasteiger partial charge in [-0.2, -0.15) is 0 Å². The molecule has 0 aliphatic carbocycles. The molecule has 0 saturated carbocycles. The van der Waals surface area contributed by atoms with Crippen LogP contribution in [0.15, 0.2) is 55.1 Å². The SMILES string of the molecule is FC1(F)C[C@H](COc2cccc3ccccc23)N(c2ncnc3nc[nH]c23)C1. The van der Waals surface area contributed by atoms with Crippen molar-refractivity contribution in [1.82, 2.24) is 19.9 Å². The summed E-state index contributed by atoms with van der Waals surface area (Å²) in [6, 6.07) is 13.1.